The van der Waals surface area contributed by atoms with Gasteiger partial charge in [-0.1, -0.05) is 12.1 Å². The van der Waals surface area contributed by atoms with Crippen molar-refractivity contribution in [2.75, 3.05) is 5.73 Å². The first kappa shape index (κ1) is 15.0. The standard InChI is InChI=1S/C13H13F3N4O/c1-2-5-20-11(7-18-19-20)12(21)9-6-8(13(14,15)16)3-4-10(9)17/h3-4,6-7H,2,5,17H2,1H3. The number of nitrogens with zero attached hydrogens (tertiary/aromatic N) is 3. The molecule has 8 heteroatoms. The molecule has 0 spiro atoms. The average Bonchev–Trinajstić information content (AvgIpc) is 2.86. The third-order valence-electron chi connectivity index (χ3n) is 2.91. The highest BCUT2D eigenvalue weighted by atomic mass is 19.4. The lowest BCUT2D eigenvalue weighted by Gasteiger charge is -2.11. The summed E-state index contributed by atoms with van der Waals surface area (Å²) >= 11 is 0. The second-order valence-corrected chi connectivity index (χ2v) is 4.47. The van der Waals surface area contributed by atoms with Gasteiger partial charge in [0.15, 0.2) is 0 Å². The summed E-state index contributed by atoms with van der Waals surface area (Å²) in [6, 6.07) is 2.67. The fraction of sp³-hybridized carbons (Fsp3) is 0.308. The van der Waals surface area contributed by atoms with Crippen molar-refractivity contribution in [2.45, 2.75) is 26.1 Å². The van der Waals surface area contributed by atoms with Crippen LogP contribution in [0.15, 0.2) is 24.4 Å². The normalized spacial score (nSPS) is 11.6. The largest absolute Gasteiger partial charge is 0.416 e. The van der Waals surface area contributed by atoms with E-state index in [2.05, 4.69) is 10.3 Å². The van der Waals surface area contributed by atoms with Gasteiger partial charge in [-0.15, -0.1) is 5.10 Å². The molecule has 0 aliphatic carbocycles. The molecular weight excluding hydrogens is 285 g/mol. The van der Waals surface area contributed by atoms with E-state index in [1.165, 1.54) is 10.9 Å². The maximum Gasteiger partial charge on any atom is 0.416 e. The second-order valence-electron chi connectivity index (χ2n) is 4.47. The molecule has 0 atom stereocenters. The summed E-state index contributed by atoms with van der Waals surface area (Å²) in [7, 11) is 0. The Labute approximate surface area is 118 Å². The molecule has 0 saturated heterocycles. The van der Waals surface area contributed by atoms with Crippen LogP contribution in [0.1, 0.15) is 35.0 Å². The van der Waals surface area contributed by atoms with Crippen LogP contribution in [-0.2, 0) is 12.7 Å². The van der Waals surface area contributed by atoms with Gasteiger partial charge in [0, 0.05) is 17.8 Å². The van der Waals surface area contributed by atoms with E-state index in [-0.39, 0.29) is 16.9 Å². The first-order chi connectivity index (χ1) is 9.84. The molecule has 0 bridgehead atoms. The molecule has 0 unspecified atom stereocenters. The average molecular weight is 298 g/mol. The quantitative estimate of drug-likeness (QED) is 0.695. The number of nitrogen functional groups attached to an aromatic ring is 1. The number of aryl methyl sites for hydroxylation is 1. The number of carbonyl (C=O) groups is 1. The van der Waals surface area contributed by atoms with E-state index in [1.54, 1.807) is 0 Å². The van der Waals surface area contributed by atoms with E-state index < -0.39 is 17.5 Å². The number of alkyl halides is 3. The molecule has 1 aromatic carbocycles. The maximum atomic E-state index is 12.7. The number of aromatic nitrogens is 3. The van der Waals surface area contributed by atoms with Gasteiger partial charge in [-0.25, -0.2) is 4.68 Å². The van der Waals surface area contributed by atoms with E-state index in [1.807, 2.05) is 6.92 Å². The van der Waals surface area contributed by atoms with E-state index >= 15 is 0 Å². The van der Waals surface area contributed by atoms with Gasteiger partial charge < -0.3 is 5.73 Å². The molecule has 112 valence electrons. The van der Waals surface area contributed by atoms with E-state index in [0.717, 1.165) is 18.2 Å². The van der Waals surface area contributed by atoms with Gasteiger partial charge in [0.2, 0.25) is 5.78 Å². The molecule has 1 aromatic heterocycles. The molecule has 0 radical (unpaired) electrons. The van der Waals surface area contributed by atoms with E-state index in [9.17, 15) is 18.0 Å². The van der Waals surface area contributed by atoms with Crippen LogP contribution < -0.4 is 5.73 Å². The van der Waals surface area contributed by atoms with Crippen molar-refractivity contribution in [1.82, 2.24) is 15.0 Å². The number of carbonyl (C=O) groups excluding carboxylic acids is 1. The Bertz CT molecular complexity index is 664. The van der Waals surface area contributed by atoms with Crippen LogP contribution >= 0.6 is 0 Å². The van der Waals surface area contributed by atoms with Crippen molar-refractivity contribution in [3.8, 4) is 0 Å². The van der Waals surface area contributed by atoms with Gasteiger partial charge in [-0.3, -0.25) is 4.79 Å². The van der Waals surface area contributed by atoms with Crippen LogP contribution in [0, 0.1) is 0 Å². The lowest BCUT2D eigenvalue weighted by Crippen LogP contribution is -2.15. The molecule has 0 fully saturated rings. The van der Waals surface area contributed by atoms with E-state index in [0.29, 0.717) is 13.0 Å². The first-order valence-electron chi connectivity index (χ1n) is 6.24. The summed E-state index contributed by atoms with van der Waals surface area (Å²) in [4.78, 5) is 12.4. The zero-order valence-electron chi connectivity index (χ0n) is 11.2. The van der Waals surface area contributed by atoms with Crippen LogP contribution in [0.2, 0.25) is 0 Å². The molecule has 2 rings (SSSR count). The number of ketones is 1. The molecule has 0 saturated carbocycles. The molecule has 0 aliphatic heterocycles. The van der Waals surface area contributed by atoms with Crippen LogP contribution in [-0.4, -0.2) is 20.8 Å². The maximum absolute atomic E-state index is 12.7. The minimum atomic E-state index is -4.54. The number of anilines is 1. The third kappa shape index (κ3) is 3.04. The van der Waals surface area contributed by atoms with E-state index in [4.69, 9.17) is 5.73 Å². The van der Waals surface area contributed by atoms with Gasteiger partial charge >= 0.3 is 6.18 Å². The Morgan fingerprint density at radius 1 is 1.38 bits per heavy atom. The van der Waals surface area contributed by atoms with Crippen molar-refractivity contribution in [2.24, 2.45) is 0 Å². The molecular formula is C13H13F3N4O. The highest BCUT2D eigenvalue weighted by Gasteiger charge is 2.32. The van der Waals surface area contributed by atoms with Crippen molar-refractivity contribution in [1.29, 1.82) is 0 Å². The number of hydrogen-bond acceptors (Lipinski definition) is 4. The summed E-state index contributed by atoms with van der Waals surface area (Å²) < 4.78 is 39.5. The monoisotopic (exact) mass is 298 g/mol. The Morgan fingerprint density at radius 2 is 2.10 bits per heavy atom. The summed E-state index contributed by atoms with van der Waals surface area (Å²) in [6.07, 6.45) is -2.61. The predicted octanol–water partition coefficient (Wildman–Crippen LogP) is 2.52. The molecule has 5 nitrogen and oxygen atoms in total. The summed E-state index contributed by atoms with van der Waals surface area (Å²) in [6.45, 7) is 2.33. The molecule has 0 amide bonds. The van der Waals surface area contributed by atoms with Gasteiger partial charge in [0.05, 0.1) is 11.8 Å². The molecule has 21 heavy (non-hydrogen) atoms. The Balaban J connectivity index is 2.45. The lowest BCUT2D eigenvalue weighted by molar-refractivity contribution is -0.137. The van der Waals surface area contributed by atoms with Crippen LogP contribution in [0.5, 0.6) is 0 Å². The highest BCUT2D eigenvalue weighted by molar-refractivity contribution is 6.11. The first-order valence-corrected chi connectivity index (χ1v) is 6.24. The minimum absolute atomic E-state index is 0.0164. The third-order valence-corrected chi connectivity index (χ3v) is 2.91. The van der Waals surface area contributed by atoms with Gasteiger partial charge in [0.25, 0.3) is 0 Å². The second kappa shape index (κ2) is 5.55. The zero-order valence-corrected chi connectivity index (χ0v) is 11.2. The van der Waals surface area contributed by atoms with Gasteiger partial charge in [0.1, 0.15) is 5.69 Å². The predicted molar refractivity (Wildman–Crippen MR) is 69.6 cm³/mol. The highest BCUT2D eigenvalue weighted by Crippen LogP contribution is 2.31. The smallest absolute Gasteiger partial charge is 0.398 e. The van der Waals surface area contributed by atoms with Gasteiger partial charge in [-0.05, 0) is 24.6 Å². The van der Waals surface area contributed by atoms with Crippen molar-refractivity contribution in [3.05, 3.63) is 41.2 Å². The summed E-state index contributed by atoms with van der Waals surface area (Å²) in [5.41, 5.74) is 4.60. The van der Waals surface area contributed by atoms with Crippen LogP contribution in [0.4, 0.5) is 18.9 Å². The number of benzene rings is 1. The molecule has 1 heterocycles. The SMILES string of the molecule is CCCn1nncc1C(=O)c1cc(C(F)(F)F)ccc1N. The van der Waals surface area contributed by atoms with Crippen LogP contribution in [0.3, 0.4) is 0 Å². The summed E-state index contributed by atoms with van der Waals surface area (Å²) in [5, 5.41) is 7.35. The fourth-order valence-corrected chi connectivity index (χ4v) is 1.88. The molecule has 0 aliphatic rings. The number of halogens is 3. The van der Waals surface area contributed by atoms with Crippen LogP contribution in [0.25, 0.3) is 0 Å². The number of rotatable bonds is 4. The topological polar surface area (TPSA) is 73.8 Å². The van der Waals surface area contributed by atoms with Crippen molar-refractivity contribution >= 4 is 11.5 Å². The summed E-state index contributed by atoms with van der Waals surface area (Å²) in [5.74, 6) is -0.628. The molecule has 2 N–H and O–H groups in total. The Kier molecular flexibility index (Phi) is 3.97. The minimum Gasteiger partial charge on any atom is -0.398 e. The number of hydrogen-bond donors (Lipinski definition) is 1. The van der Waals surface area contributed by atoms with Crippen molar-refractivity contribution in [3.63, 3.8) is 0 Å². The Hall–Kier alpha value is -2.38. The lowest BCUT2D eigenvalue weighted by atomic mass is 10.0. The Morgan fingerprint density at radius 3 is 2.71 bits per heavy atom. The fourth-order valence-electron chi connectivity index (χ4n) is 1.88. The van der Waals surface area contributed by atoms with Crippen molar-refractivity contribution < 1.29 is 18.0 Å². The van der Waals surface area contributed by atoms with Gasteiger partial charge in [-0.2, -0.15) is 13.2 Å². The molecule has 2 aromatic rings. The number of nitrogens with two attached hydrogens (primary N) is 1. The zero-order chi connectivity index (χ0) is 15.6.